The Morgan fingerprint density at radius 2 is 2.42 bits per heavy atom. The minimum atomic E-state index is 0.646. The summed E-state index contributed by atoms with van der Waals surface area (Å²) in [4.78, 5) is 4.01. The van der Waals surface area contributed by atoms with Gasteiger partial charge in [-0.3, -0.25) is 4.98 Å². The van der Waals surface area contributed by atoms with Crippen LogP contribution in [0.5, 0.6) is 0 Å². The Bertz CT molecular complexity index is 281. The molecule has 0 fully saturated rings. The topological polar surface area (TPSA) is 22.1 Å². The van der Waals surface area contributed by atoms with Gasteiger partial charge in [0, 0.05) is 18.0 Å². The van der Waals surface area contributed by atoms with Gasteiger partial charge < -0.3 is 4.74 Å². The first-order valence-corrected chi connectivity index (χ1v) is 3.98. The van der Waals surface area contributed by atoms with Gasteiger partial charge in [-0.25, -0.2) is 0 Å². The summed E-state index contributed by atoms with van der Waals surface area (Å²) in [6.07, 6.45) is 3.53. The van der Waals surface area contributed by atoms with E-state index in [0.29, 0.717) is 12.4 Å². The van der Waals surface area contributed by atoms with Gasteiger partial charge in [0.15, 0.2) is 0 Å². The zero-order chi connectivity index (χ0) is 8.97. The fraction of sp³-hybridized carbons (Fsp3) is 0.300. The summed E-state index contributed by atoms with van der Waals surface area (Å²) in [5, 5.41) is 0. The number of pyridine rings is 1. The highest BCUT2D eigenvalue weighted by Gasteiger charge is 2.01. The molecule has 0 aliphatic heterocycles. The Labute approximate surface area is 72.9 Å². The summed E-state index contributed by atoms with van der Waals surface area (Å²) >= 11 is 0. The number of ether oxygens (including phenoxy) is 1. The molecule has 2 heteroatoms. The van der Waals surface area contributed by atoms with Gasteiger partial charge in [0.1, 0.15) is 5.76 Å². The molecule has 64 valence electrons. The molecule has 0 saturated carbocycles. The van der Waals surface area contributed by atoms with Crippen molar-refractivity contribution in [2.45, 2.75) is 13.8 Å². The Balaban J connectivity index is 2.87. The van der Waals surface area contributed by atoms with Crippen LogP contribution in [0.15, 0.2) is 25.0 Å². The molecule has 0 aliphatic rings. The molecule has 0 saturated heterocycles. The summed E-state index contributed by atoms with van der Waals surface area (Å²) in [7, 11) is 0. The second-order valence-corrected chi connectivity index (χ2v) is 2.55. The second-order valence-electron chi connectivity index (χ2n) is 2.55. The van der Waals surface area contributed by atoms with E-state index in [4.69, 9.17) is 4.74 Å². The summed E-state index contributed by atoms with van der Waals surface area (Å²) < 4.78 is 5.27. The van der Waals surface area contributed by atoms with Crippen LogP contribution in [0.2, 0.25) is 0 Å². The van der Waals surface area contributed by atoms with Crippen molar-refractivity contribution in [3.8, 4) is 0 Å². The van der Waals surface area contributed by atoms with Crippen molar-refractivity contribution in [2.75, 3.05) is 6.61 Å². The van der Waals surface area contributed by atoms with Crippen LogP contribution >= 0.6 is 0 Å². The number of aryl methyl sites for hydroxylation is 1. The smallest absolute Gasteiger partial charge is 0.121 e. The van der Waals surface area contributed by atoms with Crippen molar-refractivity contribution in [3.63, 3.8) is 0 Å². The van der Waals surface area contributed by atoms with Crippen molar-refractivity contribution in [1.29, 1.82) is 0 Å². The average molecular weight is 163 g/mol. The molecule has 0 spiro atoms. The monoisotopic (exact) mass is 163 g/mol. The van der Waals surface area contributed by atoms with E-state index in [1.165, 1.54) is 0 Å². The largest absolute Gasteiger partial charge is 0.494 e. The normalized spacial score (nSPS) is 9.50. The molecule has 1 rings (SSSR count). The van der Waals surface area contributed by atoms with Crippen molar-refractivity contribution >= 4 is 5.76 Å². The third-order valence-electron chi connectivity index (χ3n) is 1.66. The maximum Gasteiger partial charge on any atom is 0.121 e. The van der Waals surface area contributed by atoms with Crippen molar-refractivity contribution < 1.29 is 4.74 Å². The van der Waals surface area contributed by atoms with E-state index in [2.05, 4.69) is 11.6 Å². The van der Waals surface area contributed by atoms with Crippen LogP contribution in [0.1, 0.15) is 18.1 Å². The average Bonchev–Trinajstić information content (AvgIpc) is 2.05. The summed E-state index contributed by atoms with van der Waals surface area (Å²) in [6, 6.07) is 1.94. The molecule has 1 aromatic heterocycles. The minimum absolute atomic E-state index is 0.646. The zero-order valence-electron chi connectivity index (χ0n) is 7.50. The molecule has 2 nitrogen and oxygen atoms in total. The van der Waals surface area contributed by atoms with E-state index < -0.39 is 0 Å². The number of hydrogen-bond donors (Lipinski definition) is 0. The van der Waals surface area contributed by atoms with Crippen molar-refractivity contribution in [2.24, 2.45) is 0 Å². The minimum Gasteiger partial charge on any atom is -0.494 e. The quantitative estimate of drug-likeness (QED) is 0.638. The molecule has 0 unspecified atom stereocenters. The van der Waals surface area contributed by atoms with Crippen LogP contribution in [0.25, 0.3) is 5.76 Å². The van der Waals surface area contributed by atoms with Crippen LogP contribution in [0.3, 0.4) is 0 Å². The fourth-order valence-electron chi connectivity index (χ4n) is 1.01. The Morgan fingerprint density at radius 1 is 1.67 bits per heavy atom. The van der Waals surface area contributed by atoms with Crippen LogP contribution in [0.4, 0.5) is 0 Å². The second kappa shape index (κ2) is 3.90. The highest BCUT2D eigenvalue weighted by molar-refractivity contribution is 5.59. The molecular weight excluding hydrogens is 150 g/mol. The summed E-state index contributed by atoms with van der Waals surface area (Å²) in [6.45, 7) is 8.42. The lowest BCUT2D eigenvalue weighted by Gasteiger charge is -2.08. The van der Waals surface area contributed by atoms with Gasteiger partial charge >= 0.3 is 0 Å². The number of hydrogen-bond acceptors (Lipinski definition) is 2. The van der Waals surface area contributed by atoms with Crippen LogP contribution in [-0.2, 0) is 4.74 Å². The fourth-order valence-corrected chi connectivity index (χ4v) is 1.01. The van der Waals surface area contributed by atoms with Crippen LogP contribution in [-0.4, -0.2) is 11.6 Å². The molecule has 0 bridgehead atoms. The Kier molecular flexibility index (Phi) is 2.86. The summed E-state index contributed by atoms with van der Waals surface area (Å²) in [5.41, 5.74) is 2.13. The molecule has 0 amide bonds. The van der Waals surface area contributed by atoms with Crippen LogP contribution in [0, 0.1) is 6.92 Å². The first-order chi connectivity index (χ1) is 5.75. The molecule has 12 heavy (non-hydrogen) atoms. The molecule has 0 radical (unpaired) electrons. The van der Waals surface area contributed by atoms with Gasteiger partial charge in [-0.15, -0.1) is 0 Å². The third-order valence-corrected chi connectivity index (χ3v) is 1.66. The van der Waals surface area contributed by atoms with E-state index in [0.717, 1.165) is 11.1 Å². The predicted octanol–water partition coefficient (Wildman–Crippen LogP) is 2.40. The molecular formula is C10H13NO. The number of nitrogens with zero attached hydrogens (tertiary/aromatic N) is 1. The summed E-state index contributed by atoms with van der Waals surface area (Å²) in [5.74, 6) is 0.697. The Hall–Kier alpha value is -1.31. The predicted molar refractivity (Wildman–Crippen MR) is 49.6 cm³/mol. The van der Waals surface area contributed by atoms with E-state index in [-0.39, 0.29) is 0 Å². The van der Waals surface area contributed by atoms with Gasteiger partial charge in [0.25, 0.3) is 0 Å². The Morgan fingerprint density at radius 3 is 3.00 bits per heavy atom. The molecule has 1 heterocycles. The van der Waals surface area contributed by atoms with Gasteiger partial charge in [-0.2, -0.15) is 0 Å². The maximum atomic E-state index is 5.27. The zero-order valence-corrected chi connectivity index (χ0v) is 7.50. The lowest BCUT2D eigenvalue weighted by molar-refractivity contribution is 0.299. The first-order valence-electron chi connectivity index (χ1n) is 3.98. The SMILES string of the molecule is C=C(OCC)c1cnccc1C. The highest BCUT2D eigenvalue weighted by Crippen LogP contribution is 2.15. The van der Waals surface area contributed by atoms with E-state index in [1.807, 2.05) is 19.9 Å². The van der Waals surface area contributed by atoms with Gasteiger partial charge in [0.05, 0.1) is 6.61 Å². The van der Waals surface area contributed by atoms with Gasteiger partial charge in [-0.1, -0.05) is 6.58 Å². The van der Waals surface area contributed by atoms with Crippen molar-refractivity contribution in [3.05, 3.63) is 36.2 Å². The molecule has 1 aromatic rings. The first kappa shape index (κ1) is 8.78. The maximum absolute atomic E-state index is 5.27. The lowest BCUT2D eigenvalue weighted by Crippen LogP contribution is -1.93. The molecule has 0 aliphatic carbocycles. The van der Waals surface area contributed by atoms with Crippen LogP contribution < -0.4 is 0 Å². The number of rotatable bonds is 3. The molecule has 0 aromatic carbocycles. The number of aromatic nitrogens is 1. The van der Waals surface area contributed by atoms with Gasteiger partial charge in [-0.05, 0) is 25.5 Å². The van der Waals surface area contributed by atoms with E-state index in [9.17, 15) is 0 Å². The standard InChI is InChI=1S/C10H13NO/c1-4-12-9(3)10-7-11-6-5-8(10)2/h5-7H,3-4H2,1-2H3. The van der Waals surface area contributed by atoms with E-state index >= 15 is 0 Å². The van der Waals surface area contributed by atoms with E-state index in [1.54, 1.807) is 12.4 Å². The molecule has 0 atom stereocenters. The highest BCUT2D eigenvalue weighted by atomic mass is 16.5. The lowest BCUT2D eigenvalue weighted by atomic mass is 10.1. The third kappa shape index (κ3) is 1.84. The van der Waals surface area contributed by atoms with Crippen molar-refractivity contribution in [1.82, 2.24) is 4.98 Å². The molecule has 0 N–H and O–H groups in total. The van der Waals surface area contributed by atoms with Gasteiger partial charge in [0.2, 0.25) is 0 Å².